The number of rotatable bonds is 6. The zero-order chi connectivity index (χ0) is 13.5. The minimum absolute atomic E-state index is 0.228. The van der Waals surface area contributed by atoms with E-state index >= 15 is 0 Å². The van der Waals surface area contributed by atoms with Crippen LogP contribution in [0.15, 0.2) is 24.3 Å². The van der Waals surface area contributed by atoms with E-state index in [1.165, 1.54) is 0 Å². The summed E-state index contributed by atoms with van der Waals surface area (Å²) in [6.07, 6.45) is 0. The molecule has 98 valence electrons. The van der Waals surface area contributed by atoms with Gasteiger partial charge in [0.1, 0.15) is 13.2 Å². The molecule has 0 aliphatic heterocycles. The monoisotopic (exact) mass is 251 g/mol. The number of amides is 1. The molecule has 0 unspecified atom stereocenters. The van der Waals surface area contributed by atoms with Crippen molar-refractivity contribution in [1.29, 1.82) is 0 Å². The number of nitrogens with zero attached hydrogens (tertiary/aromatic N) is 1. The van der Waals surface area contributed by atoms with Crippen LogP contribution >= 0.6 is 0 Å². The SMILES string of the molecule is CCN(C(=O)COCC(=O)O)c1ccccc1C. The van der Waals surface area contributed by atoms with E-state index in [4.69, 9.17) is 9.84 Å². The standard InChI is InChI=1S/C13H17NO4/c1-3-14(11-7-5-4-6-10(11)2)12(15)8-18-9-13(16)17/h4-7H,3,8-9H2,1-2H3,(H,16,17). The molecule has 0 spiro atoms. The molecule has 0 fully saturated rings. The van der Waals surface area contributed by atoms with Gasteiger partial charge in [0.2, 0.25) is 0 Å². The lowest BCUT2D eigenvalue weighted by Gasteiger charge is -2.22. The number of hydrogen-bond donors (Lipinski definition) is 1. The smallest absolute Gasteiger partial charge is 0.329 e. The highest BCUT2D eigenvalue weighted by atomic mass is 16.5. The summed E-state index contributed by atoms with van der Waals surface area (Å²) in [7, 11) is 0. The summed E-state index contributed by atoms with van der Waals surface area (Å²) in [5.74, 6) is -1.32. The van der Waals surface area contributed by atoms with Crippen LogP contribution in [0, 0.1) is 6.92 Å². The highest BCUT2D eigenvalue weighted by Crippen LogP contribution is 2.19. The number of carboxylic acids is 1. The minimum atomic E-state index is -1.08. The van der Waals surface area contributed by atoms with Gasteiger partial charge >= 0.3 is 5.97 Å². The van der Waals surface area contributed by atoms with Crippen molar-refractivity contribution in [2.24, 2.45) is 0 Å². The fourth-order valence-electron chi connectivity index (χ4n) is 1.65. The van der Waals surface area contributed by atoms with Crippen molar-refractivity contribution in [3.05, 3.63) is 29.8 Å². The molecule has 1 amide bonds. The number of carbonyl (C=O) groups excluding carboxylic acids is 1. The van der Waals surface area contributed by atoms with Crippen LogP contribution in [0.5, 0.6) is 0 Å². The van der Waals surface area contributed by atoms with Crippen molar-refractivity contribution in [2.75, 3.05) is 24.7 Å². The van der Waals surface area contributed by atoms with E-state index in [0.717, 1.165) is 11.3 Å². The molecule has 1 rings (SSSR count). The van der Waals surface area contributed by atoms with Gasteiger partial charge in [-0.15, -0.1) is 0 Å². The lowest BCUT2D eigenvalue weighted by molar-refractivity contribution is -0.143. The van der Waals surface area contributed by atoms with Gasteiger partial charge in [0.15, 0.2) is 0 Å². The molecule has 0 atom stereocenters. The summed E-state index contributed by atoms with van der Waals surface area (Å²) in [4.78, 5) is 23.8. The van der Waals surface area contributed by atoms with E-state index in [2.05, 4.69) is 0 Å². The molecule has 18 heavy (non-hydrogen) atoms. The summed E-state index contributed by atoms with van der Waals surface area (Å²) in [5, 5.41) is 8.43. The topological polar surface area (TPSA) is 66.8 Å². The number of hydrogen-bond acceptors (Lipinski definition) is 3. The average Bonchev–Trinajstić information content (AvgIpc) is 2.32. The molecule has 1 aromatic rings. The highest BCUT2D eigenvalue weighted by Gasteiger charge is 2.15. The van der Waals surface area contributed by atoms with Crippen molar-refractivity contribution < 1.29 is 19.4 Å². The van der Waals surface area contributed by atoms with E-state index in [0.29, 0.717) is 6.54 Å². The number of carboxylic acid groups (broad SMARTS) is 1. The van der Waals surface area contributed by atoms with Crippen LogP contribution < -0.4 is 4.90 Å². The molecule has 0 saturated heterocycles. The Morgan fingerprint density at radius 2 is 1.94 bits per heavy atom. The van der Waals surface area contributed by atoms with Gasteiger partial charge < -0.3 is 14.7 Å². The third kappa shape index (κ3) is 3.85. The molecule has 0 aromatic heterocycles. The Kier molecular flexibility index (Phi) is 5.32. The molecule has 1 N–H and O–H groups in total. The van der Waals surface area contributed by atoms with Gasteiger partial charge in [0.25, 0.3) is 5.91 Å². The number of benzene rings is 1. The number of carbonyl (C=O) groups is 2. The maximum absolute atomic E-state index is 11.9. The Balaban J connectivity index is 2.69. The molecular weight excluding hydrogens is 234 g/mol. The normalized spacial score (nSPS) is 10.1. The van der Waals surface area contributed by atoms with Crippen molar-refractivity contribution in [1.82, 2.24) is 0 Å². The fourth-order valence-corrected chi connectivity index (χ4v) is 1.65. The Morgan fingerprint density at radius 1 is 1.28 bits per heavy atom. The van der Waals surface area contributed by atoms with Crippen molar-refractivity contribution in [3.8, 4) is 0 Å². The van der Waals surface area contributed by atoms with Crippen molar-refractivity contribution in [3.63, 3.8) is 0 Å². The largest absolute Gasteiger partial charge is 0.480 e. The van der Waals surface area contributed by atoms with Crippen LogP contribution in [-0.2, 0) is 14.3 Å². The van der Waals surface area contributed by atoms with Crippen LogP contribution in [0.25, 0.3) is 0 Å². The lowest BCUT2D eigenvalue weighted by Crippen LogP contribution is -2.34. The Morgan fingerprint density at radius 3 is 2.50 bits per heavy atom. The number of likely N-dealkylation sites (N-methyl/N-ethyl adjacent to an activating group) is 1. The minimum Gasteiger partial charge on any atom is -0.480 e. The number of aryl methyl sites for hydroxylation is 1. The molecule has 1 aromatic carbocycles. The van der Waals surface area contributed by atoms with Gasteiger partial charge in [-0.25, -0.2) is 4.79 Å². The molecule has 0 saturated carbocycles. The van der Waals surface area contributed by atoms with Gasteiger partial charge in [-0.2, -0.15) is 0 Å². The quantitative estimate of drug-likeness (QED) is 0.831. The first-order valence-electron chi connectivity index (χ1n) is 5.71. The summed E-state index contributed by atoms with van der Waals surface area (Å²) in [6.45, 7) is 3.61. The second kappa shape index (κ2) is 6.76. The van der Waals surface area contributed by atoms with Gasteiger partial charge in [0, 0.05) is 12.2 Å². The first-order chi connectivity index (χ1) is 8.56. The molecule has 5 nitrogen and oxygen atoms in total. The second-order valence-corrected chi connectivity index (χ2v) is 3.81. The predicted octanol–water partition coefficient (Wildman–Crippen LogP) is 1.45. The lowest BCUT2D eigenvalue weighted by atomic mass is 10.2. The van der Waals surface area contributed by atoms with Crippen LogP contribution in [0.1, 0.15) is 12.5 Å². The van der Waals surface area contributed by atoms with Gasteiger partial charge in [0.05, 0.1) is 0 Å². The Bertz CT molecular complexity index is 431. The van der Waals surface area contributed by atoms with E-state index in [9.17, 15) is 9.59 Å². The van der Waals surface area contributed by atoms with Crippen LogP contribution in [-0.4, -0.2) is 36.7 Å². The number of aliphatic carboxylic acids is 1. The van der Waals surface area contributed by atoms with E-state index < -0.39 is 12.6 Å². The summed E-state index contributed by atoms with van der Waals surface area (Å²) < 4.78 is 4.81. The number of para-hydroxylation sites is 1. The molecule has 0 heterocycles. The van der Waals surface area contributed by atoms with Crippen LogP contribution in [0.2, 0.25) is 0 Å². The van der Waals surface area contributed by atoms with Crippen LogP contribution in [0.4, 0.5) is 5.69 Å². The van der Waals surface area contributed by atoms with Gasteiger partial charge in [-0.1, -0.05) is 18.2 Å². The van der Waals surface area contributed by atoms with Crippen molar-refractivity contribution in [2.45, 2.75) is 13.8 Å². The summed E-state index contributed by atoms with van der Waals surface area (Å²) in [6, 6.07) is 7.53. The molecule has 0 aliphatic rings. The van der Waals surface area contributed by atoms with E-state index in [1.807, 2.05) is 38.1 Å². The number of anilines is 1. The molecule has 0 bridgehead atoms. The third-order valence-corrected chi connectivity index (χ3v) is 2.47. The maximum Gasteiger partial charge on any atom is 0.329 e. The fraction of sp³-hybridized carbons (Fsp3) is 0.385. The average molecular weight is 251 g/mol. The molecule has 0 radical (unpaired) electrons. The van der Waals surface area contributed by atoms with E-state index in [-0.39, 0.29) is 12.5 Å². The summed E-state index contributed by atoms with van der Waals surface area (Å²) in [5.41, 5.74) is 1.81. The molecule has 0 aliphatic carbocycles. The Labute approximate surface area is 106 Å². The predicted molar refractivity (Wildman–Crippen MR) is 67.7 cm³/mol. The van der Waals surface area contributed by atoms with Gasteiger partial charge in [-0.05, 0) is 25.5 Å². The Hall–Kier alpha value is -1.88. The molecular formula is C13H17NO4. The zero-order valence-corrected chi connectivity index (χ0v) is 10.5. The highest BCUT2D eigenvalue weighted by molar-refractivity contribution is 5.95. The first kappa shape index (κ1) is 14.2. The van der Waals surface area contributed by atoms with E-state index in [1.54, 1.807) is 4.90 Å². The summed E-state index contributed by atoms with van der Waals surface area (Å²) >= 11 is 0. The third-order valence-electron chi connectivity index (χ3n) is 2.47. The number of ether oxygens (including phenoxy) is 1. The zero-order valence-electron chi connectivity index (χ0n) is 10.5. The first-order valence-corrected chi connectivity index (χ1v) is 5.71. The molecule has 5 heteroatoms. The van der Waals surface area contributed by atoms with Crippen LogP contribution in [0.3, 0.4) is 0 Å². The second-order valence-electron chi connectivity index (χ2n) is 3.81. The maximum atomic E-state index is 11.9. The van der Waals surface area contributed by atoms with Gasteiger partial charge in [-0.3, -0.25) is 4.79 Å². The van der Waals surface area contributed by atoms with Crippen molar-refractivity contribution >= 4 is 17.6 Å².